The average Bonchev–Trinajstić information content (AvgIpc) is 2.93. The summed E-state index contributed by atoms with van der Waals surface area (Å²) < 4.78 is 40.0. The third kappa shape index (κ3) is 3.76. The number of likely N-dealkylation sites (N-methyl/N-ethyl adjacent to an activating group) is 1. The predicted octanol–water partition coefficient (Wildman–Crippen LogP) is 3.90. The van der Waals surface area contributed by atoms with Crippen molar-refractivity contribution in [1.82, 2.24) is 8.87 Å². The fourth-order valence-electron chi connectivity index (χ4n) is 3.05. The van der Waals surface area contributed by atoms with Crippen LogP contribution in [0.25, 0.3) is 10.9 Å². The Morgan fingerprint density at radius 3 is 2.50 bits per heavy atom. The van der Waals surface area contributed by atoms with Crippen molar-refractivity contribution in [2.45, 2.75) is 11.8 Å². The second-order valence-corrected chi connectivity index (χ2v) is 9.26. The van der Waals surface area contributed by atoms with E-state index >= 15 is 0 Å². The molecule has 0 saturated heterocycles. The Bertz CT molecular complexity index is 1110. The number of aromatic nitrogens is 1. The number of nitrogens with zero attached hydrogens (tertiary/aromatic N) is 2. The van der Waals surface area contributed by atoms with Crippen molar-refractivity contribution in [3.63, 3.8) is 0 Å². The normalized spacial score (nSPS) is 11.9. The second-order valence-electron chi connectivity index (χ2n) is 6.65. The van der Waals surface area contributed by atoms with Gasteiger partial charge in [-0.2, -0.15) is 0 Å². The molecule has 0 fully saturated rings. The highest BCUT2D eigenvalue weighted by Crippen LogP contribution is 2.37. The lowest BCUT2D eigenvalue weighted by Crippen LogP contribution is -2.20. The lowest BCUT2D eigenvalue weighted by Gasteiger charge is -2.13. The van der Waals surface area contributed by atoms with Gasteiger partial charge in [-0.05, 0) is 67.3 Å². The summed E-state index contributed by atoms with van der Waals surface area (Å²) in [6.45, 7) is 2.96. The maximum atomic E-state index is 13.5. The van der Waals surface area contributed by atoms with Gasteiger partial charge in [0.25, 0.3) is 10.0 Å². The van der Waals surface area contributed by atoms with Gasteiger partial charge in [0.1, 0.15) is 23.0 Å². The summed E-state index contributed by atoms with van der Waals surface area (Å²) in [5.74, 6) is 1.17. The van der Waals surface area contributed by atoms with Crippen LogP contribution in [0.2, 0.25) is 0 Å². The van der Waals surface area contributed by atoms with Crippen molar-refractivity contribution < 1.29 is 17.9 Å². The highest BCUT2D eigenvalue weighted by Gasteiger charge is 2.27. The zero-order chi connectivity index (χ0) is 20.5. The number of rotatable bonds is 7. The van der Waals surface area contributed by atoms with E-state index < -0.39 is 10.0 Å². The van der Waals surface area contributed by atoms with Gasteiger partial charge >= 0.3 is 0 Å². The highest BCUT2D eigenvalue weighted by molar-refractivity contribution is 9.10. The van der Waals surface area contributed by atoms with Crippen LogP contribution in [0.4, 0.5) is 0 Å². The van der Waals surface area contributed by atoms with E-state index in [4.69, 9.17) is 9.47 Å². The molecule has 1 aromatic heterocycles. The Balaban J connectivity index is 2.16. The van der Waals surface area contributed by atoms with E-state index in [1.54, 1.807) is 31.2 Å². The maximum absolute atomic E-state index is 13.5. The van der Waals surface area contributed by atoms with Crippen molar-refractivity contribution in [3.05, 3.63) is 52.6 Å². The van der Waals surface area contributed by atoms with E-state index in [0.29, 0.717) is 33.8 Å². The smallest absolute Gasteiger partial charge is 0.269 e. The van der Waals surface area contributed by atoms with Crippen LogP contribution in [-0.2, 0) is 10.0 Å². The van der Waals surface area contributed by atoms with Crippen LogP contribution >= 0.6 is 15.9 Å². The molecule has 0 aliphatic rings. The van der Waals surface area contributed by atoms with Crippen molar-refractivity contribution >= 4 is 36.9 Å². The molecular formula is C20H23BrN2O4S. The Morgan fingerprint density at radius 1 is 1.14 bits per heavy atom. The van der Waals surface area contributed by atoms with Crippen molar-refractivity contribution in [1.29, 1.82) is 0 Å². The number of methoxy groups -OCH3 is 1. The first-order chi connectivity index (χ1) is 13.3. The molecule has 8 heteroatoms. The molecule has 2 aromatic carbocycles. The molecule has 0 aliphatic heterocycles. The molecule has 6 nitrogen and oxygen atoms in total. The molecule has 3 rings (SSSR count). The molecule has 150 valence electrons. The number of hydrogen-bond donors (Lipinski definition) is 0. The van der Waals surface area contributed by atoms with Gasteiger partial charge in [0, 0.05) is 16.4 Å². The van der Waals surface area contributed by atoms with Crippen molar-refractivity contribution in [2.24, 2.45) is 0 Å². The third-order valence-corrected chi connectivity index (χ3v) is 7.22. The molecule has 0 amide bonds. The molecule has 0 spiro atoms. The summed E-state index contributed by atoms with van der Waals surface area (Å²) >= 11 is 3.37. The van der Waals surface area contributed by atoms with Gasteiger partial charge in [-0.15, -0.1) is 0 Å². The minimum Gasteiger partial charge on any atom is -0.497 e. The van der Waals surface area contributed by atoms with E-state index in [2.05, 4.69) is 15.9 Å². The standard InChI is InChI=1S/C20H23BrN2O4S/c1-14-20(27-12-11-22(2)3)16-7-5-6-8-18(16)23(14)28(24,25)19-10-9-15(26-4)13-17(19)21/h5-10,13H,11-12H2,1-4H3. The summed E-state index contributed by atoms with van der Waals surface area (Å²) in [7, 11) is 1.62. The number of halogens is 1. The number of benzene rings is 2. The molecular weight excluding hydrogens is 444 g/mol. The molecule has 1 heterocycles. The van der Waals surface area contributed by atoms with Gasteiger partial charge in [0.05, 0.1) is 18.3 Å². The number of fused-ring (bicyclic) bond motifs is 1. The largest absolute Gasteiger partial charge is 0.497 e. The van der Waals surface area contributed by atoms with Crippen LogP contribution in [0.5, 0.6) is 11.5 Å². The minimum atomic E-state index is -3.85. The van der Waals surface area contributed by atoms with Crippen LogP contribution in [0.15, 0.2) is 51.8 Å². The molecule has 0 bridgehead atoms. The summed E-state index contributed by atoms with van der Waals surface area (Å²) in [5, 5.41) is 0.770. The van der Waals surface area contributed by atoms with E-state index in [1.807, 2.05) is 37.2 Å². The van der Waals surface area contributed by atoms with Gasteiger partial charge in [0.2, 0.25) is 0 Å². The lowest BCUT2D eigenvalue weighted by molar-refractivity contribution is 0.262. The summed E-state index contributed by atoms with van der Waals surface area (Å²) in [6, 6.07) is 12.2. The topological polar surface area (TPSA) is 60.8 Å². The SMILES string of the molecule is COc1ccc(S(=O)(=O)n2c(C)c(OCCN(C)C)c3ccccc32)c(Br)c1. The Kier molecular flexibility index (Phi) is 6.02. The van der Waals surface area contributed by atoms with Gasteiger partial charge in [-0.1, -0.05) is 12.1 Å². The summed E-state index contributed by atoms with van der Waals surface area (Å²) in [4.78, 5) is 2.18. The first kappa shape index (κ1) is 20.7. The Hall–Kier alpha value is -2.03. The fraction of sp³-hybridized carbons (Fsp3) is 0.300. The van der Waals surface area contributed by atoms with Crippen LogP contribution in [-0.4, -0.2) is 51.6 Å². The zero-order valence-corrected chi connectivity index (χ0v) is 18.7. The van der Waals surface area contributed by atoms with Gasteiger partial charge in [-0.3, -0.25) is 0 Å². The minimum absolute atomic E-state index is 0.164. The van der Waals surface area contributed by atoms with Gasteiger partial charge in [0.15, 0.2) is 0 Å². The third-order valence-electron chi connectivity index (χ3n) is 4.44. The number of ether oxygens (including phenoxy) is 2. The first-order valence-corrected chi connectivity index (χ1v) is 11.0. The quantitative estimate of drug-likeness (QED) is 0.528. The second kappa shape index (κ2) is 8.14. The van der Waals surface area contributed by atoms with Gasteiger partial charge in [-0.25, -0.2) is 12.4 Å². The van der Waals surface area contributed by atoms with E-state index in [-0.39, 0.29) is 4.90 Å². The number of hydrogen-bond acceptors (Lipinski definition) is 5. The molecule has 0 atom stereocenters. The molecule has 0 unspecified atom stereocenters. The Labute approximate surface area is 173 Å². The van der Waals surface area contributed by atoms with Crippen LogP contribution in [0, 0.1) is 6.92 Å². The van der Waals surface area contributed by atoms with Crippen LogP contribution in [0.1, 0.15) is 5.69 Å². The van der Waals surface area contributed by atoms with Crippen molar-refractivity contribution in [2.75, 3.05) is 34.4 Å². The molecule has 0 N–H and O–H groups in total. The van der Waals surface area contributed by atoms with E-state index in [0.717, 1.165) is 11.9 Å². The molecule has 28 heavy (non-hydrogen) atoms. The van der Waals surface area contributed by atoms with Crippen molar-refractivity contribution in [3.8, 4) is 11.5 Å². The van der Waals surface area contributed by atoms with E-state index in [9.17, 15) is 8.42 Å². The van der Waals surface area contributed by atoms with Crippen LogP contribution in [0.3, 0.4) is 0 Å². The van der Waals surface area contributed by atoms with Crippen LogP contribution < -0.4 is 9.47 Å². The lowest BCUT2D eigenvalue weighted by atomic mass is 10.2. The van der Waals surface area contributed by atoms with E-state index in [1.165, 1.54) is 11.1 Å². The molecule has 0 aliphatic carbocycles. The summed E-state index contributed by atoms with van der Waals surface area (Å²) in [5.41, 5.74) is 1.13. The molecule has 0 radical (unpaired) electrons. The maximum Gasteiger partial charge on any atom is 0.269 e. The molecule has 3 aromatic rings. The average molecular weight is 467 g/mol. The molecule has 0 saturated carbocycles. The Morgan fingerprint density at radius 2 is 1.86 bits per heavy atom. The highest BCUT2D eigenvalue weighted by atomic mass is 79.9. The summed E-state index contributed by atoms with van der Waals surface area (Å²) in [6.07, 6.45) is 0. The number of para-hydroxylation sites is 1. The monoisotopic (exact) mass is 466 g/mol. The zero-order valence-electron chi connectivity index (χ0n) is 16.3. The predicted molar refractivity (Wildman–Crippen MR) is 114 cm³/mol. The van der Waals surface area contributed by atoms with Gasteiger partial charge < -0.3 is 14.4 Å². The fourth-order valence-corrected chi connectivity index (χ4v) is 5.62. The first-order valence-electron chi connectivity index (χ1n) is 8.74.